The molecule has 0 amide bonds. The van der Waals surface area contributed by atoms with Gasteiger partial charge in [-0.05, 0) is 16.7 Å². The van der Waals surface area contributed by atoms with Crippen LogP contribution in [-0.4, -0.2) is 79.1 Å². The molecule has 0 unspecified atom stereocenters. The molecule has 0 saturated carbocycles. The molecule has 176 valence electrons. The molecule has 0 atom stereocenters. The number of phenolic OH excluding ortho intramolecular Hbond substituents is 1. The van der Waals surface area contributed by atoms with Crippen LogP contribution in [0.5, 0.6) is 5.75 Å². The van der Waals surface area contributed by atoms with E-state index in [4.69, 9.17) is 4.55 Å². The smallest absolute Gasteiger partial charge is 0.438 e. The zero-order valence-electron chi connectivity index (χ0n) is 17.7. The standard InChI is InChI=1S/C15H20B4F6O6S/c16-1-6-7(2-17)10(9(4-19)11(26)8(6)3-18)12(27)31-13(14(20,21)22,15(23,24)25)5-32(28,29)30/h26H,1-5,16-19H2,(H,28,29,30). The molecule has 32 heavy (non-hydrogen) atoms. The first-order chi connectivity index (χ1) is 14.4. The van der Waals surface area contributed by atoms with Gasteiger partial charge in [0, 0.05) is 5.56 Å². The van der Waals surface area contributed by atoms with Crippen molar-refractivity contribution in [1.29, 1.82) is 0 Å². The Kier molecular flexibility index (Phi) is 8.50. The fraction of sp³-hybridized carbons (Fsp3) is 0.533. The molecule has 0 heterocycles. The van der Waals surface area contributed by atoms with Crippen LogP contribution in [0.15, 0.2) is 0 Å². The van der Waals surface area contributed by atoms with Crippen LogP contribution in [0.4, 0.5) is 26.3 Å². The van der Waals surface area contributed by atoms with Gasteiger partial charge in [-0.1, -0.05) is 25.3 Å². The molecule has 2 N–H and O–H groups in total. The summed E-state index contributed by atoms with van der Waals surface area (Å²) in [6.45, 7) is 0. The van der Waals surface area contributed by atoms with Crippen LogP contribution >= 0.6 is 0 Å². The van der Waals surface area contributed by atoms with Gasteiger partial charge in [0.1, 0.15) is 42.9 Å². The summed E-state index contributed by atoms with van der Waals surface area (Å²) in [7, 11) is 0.337. The maximum atomic E-state index is 13.6. The molecule has 1 aromatic rings. The molecular weight excluding hydrogens is 465 g/mol. The molecule has 0 bridgehead atoms. The van der Waals surface area contributed by atoms with Crippen molar-refractivity contribution in [3.05, 3.63) is 27.8 Å². The topological polar surface area (TPSA) is 101 Å². The van der Waals surface area contributed by atoms with Crippen LogP contribution in [0.25, 0.3) is 0 Å². The van der Waals surface area contributed by atoms with Gasteiger partial charge in [0.15, 0.2) is 0 Å². The summed E-state index contributed by atoms with van der Waals surface area (Å²) in [6.07, 6.45) is -12.5. The molecule has 0 saturated heterocycles. The minimum absolute atomic E-state index is 0.0111. The molecular formula is C15H20B4F6O6S. The minimum atomic E-state index is -6.44. The van der Waals surface area contributed by atoms with Crippen LogP contribution < -0.4 is 0 Å². The number of alkyl halides is 6. The van der Waals surface area contributed by atoms with E-state index in [1.54, 1.807) is 15.7 Å². The highest BCUT2D eigenvalue weighted by atomic mass is 32.2. The van der Waals surface area contributed by atoms with Crippen molar-refractivity contribution in [2.45, 2.75) is 43.2 Å². The molecule has 1 rings (SSSR count). The molecule has 0 radical (unpaired) electrons. The first kappa shape index (κ1) is 28.3. The highest BCUT2D eigenvalue weighted by Crippen LogP contribution is 2.48. The number of phenols is 1. The first-order valence-electron chi connectivity index (χ1n) is 9.62. The fourth-order valence-electron chi connectivity index (χ4n) is 3.68. The number of carbonyl (C=O) groups excluding carboxylic acids is 1. The van der Waals surface area contributed by atoms with Gasteiger partial charge in [-0.2, -0.15) is 34.8 Å². The number of esters is 1. The van der Waals surface area contributed by atoms with E-state index in [-0.39, 0.29) is 36.4 Å². The average molecular weight is 486 g/mol. The molecule has 1 aromatic carbocycles. The zero-order valence-corrected chi connectivity index (χ0v) is 18.6. The fourth-order valence-corrected chi connectivity index (χ4v) is 4.58. The Morgan fingerprint density at radius 2 is 1.22 bits per heavy atom. The largest absolute Gasteiger partial charge is 0.507 e. The Morgan fingerprint density at radius 1 is 0.812 bits per heavy atom. The van der Waals surface area contributed by atoms with E-state index in [0.717, 1.165) is 0 Å². The van der Waals surface area contributed by atoms with Crippen molar-refractivity contribution in [3.8, 4) is 5.75 Å². The molecule has 17 heteroatoms. The lowest BCUT2D eigenvalue weighted by Crippen LogP contribution is -2.63. The van der Waals surface area contributed by atoms with Crippen LogP contribution in [0, 0.1) is 0 Å². The SMILES string of the molecule is BCc1c(O)c(CB)c(C(=O)OC(CS(=O)(=O)O)(C(F)(F)F)C(F)(F)F)c(CB)c1CB. The lowest BCUT2D eigenvalue weighted by atomic mass is 9.74. The van der Waals surface area contributed by atoms with Crippen molar-refractivity contribution >= 4 is 47.5 Å². The summed E-state index contributed by atoms with van der Waals surface area (Å²) in [6, 6.07) is 0. The predicted molar refractivity (Wildman–Crippen MR) is 114 cm³/mol. The van der Waals surface area contributed by atoms with Crippen molar-refractivity contribution < 1.29 is 54.0 Å². The molecule has 0 fully saturated rings. The molecule has 0 aliphatic rings. The third-order valence-corrected chi connectivity index (χ3v) is 5.86. The van der Waals surface area contributed by atoms with E-state index in [2.05, 4.69) is 4.74 Å². The van der Waals surface area contributed by atoms with Gasteiger partial charge >= 0.3 is 23.9 Å². The highest BCUT2D eigenvalue weighted by Gasteiger charge is 2.76. The van der Waals surface area contributed by atoms with Gasteiger partial charge in [-0.15, -0.1) is 0 Å². The number of halogens is 6. The number of hydrogen-bond acceptors (Lipinski definition) is 5. The van der Waals surface area contributed by atoms with E-state index in [9.17, 15) is 44.7 Å². The van der Waals surface area contributed by atoms with Crippen LogP contribution in [0.3, 0.4) is 0 Å². The zero-order chi connectivity index (χ0) is 25.3. The minimum Gasteiger partial charge on any atom is -0.507 e. The van der Waals surface area contributed by atoms with Crippen molar-refractivity contribution in [2.75, 3.05) is 5.75 Å². The van der Waals surface area contributed by atoms with E-state index in [1.807, 2.05) is 0 Å². The maximum absolute atomic E-state index is 13.6. The van der Waals surface area contributed by atoms with Gasteiger partial charge in [0.2, 0.25) is 0 Å². The number of ether oxygens (including phenoxy) is 1. The third kappa shape index (κ3) is 5.24. The quantitative estimate of drug-likeness (QED) is 0.208. The molecule has 0 aliphatic carbocycles. The van der Waals surface area contributed by atoms with Gasteiger partial charge in [-0.3, -0.25) is 4.55 Å². The van der Waals surface area contributed by atoms with Crippen LogP contribution in [0.2, 0.25) is 0 Å². The monoisotopic (exact) mass is 486 g/mol. The summed E-state index contributed by atoms with van der Waals surface area (Å²) in [5.74, 6) is -5.53. The van der Waals surface area contributed by atoms with Crippen LogP contribution in [0.1, 0.15) is 32.6 Å². The van der Waals surface area contributed by atoms with Crippen molar-refractivity contribution in [3.63, 3.8) is 0 Å². The van der Waals surface area contributed by atoms with Gasteiger partial charge in [0.25, 0.3) is 10.1 Å². The number of aromatic hydroxyl groups is 1. The Labute approximate surface area is 184 Å². The Bertz CT molecular complexity index is 966. The lowest BCUT2D eigenvalue weighted by molar-refractivity contribution is -0.356. The third-order valence-electron chi connectivity index (χ3n) is 5.09. The predicted octanol–water partition coefficient (Wildman–Crippen LogP) is -1.17. The van der Waals surface area contributed by atoms with E-state index in [1.165, 1.54) is 15.7 Å². The molecule has 0 spiro atoms. The highest BCUT2D eigenvalue weighted by molar-refractivity contribution is 7.85. The summed E-state index contributed by atoms with van der Waals surface area (Å²) in [4.78, 5) is 12.8. The average Bonchev–Trinajstić information content (AvgIpc) is 2.63. The van der Waals surface area contributed by atoms with Gasteiger partial charge in [-0.25, -0.2) is 4.79 Å². The second-order valence-electron chi connectivity index (χ2n) is 6.99. The normalized spacial score (nSPS) is 13.2. The maximum Gasteiger partial charge on any atom is 0.438 e. The Hall–Kier alpha value is -1.76. The number of benzene rings is 1. The Morgan fingerprint density at radius 3 is 1.53 bits per heavy atom. The lowest BCUT2D eigenvalue weighted by Gasteiger charge is -2.36. The second kappa shape index (κ2) is 9.62. The number of hydrogen-bond donors (Lipinski definition) is 2. The summed E-state index contributed by atoms with van der Waals surface area (Å²) < 4.78 is 116. The Balaban J connectivity index is 3.95. The van der Waals surface area contributed by atoms with Crippen molar-refractivity contribution in [2.24, 2.45) is 0 Å². The molecule has 6 nitrogen and oxygen atoms in total. The van der Waals surface area contributed by atoms with Gasteiger partial charge < -0.3 is 9.84 Å². The number of rotatable bonds is 8. The summed E-state index contributed by atoms with van der Waals surface area (Å²) in [5.41, 5.74) is -5.56. The van der Waals surface area contributed by atoms with E-state index < -0.39 is 51.1 Å². The van der Waals surface area contributed by atoms with Crippen LogP contribution in [-0.2, 0) is 40.1 Å². The second-order valence-corrected chi connectivity index (χ2v) is 8.44. The molecule has 0 aromatic heterocycles. The van der Waals surface area contributed by atoms with Crippen molar-refractivity contribution in [1.82, 2.24) is 0 Å². The number of carbonyl (C=O) groups is 1. The summed E-state index contributed by atoms with van der Waals surface area (Å²) >= 11 is 0. The summed E-state index contributed by atoms with van der Waals surface area (Å²) in [5, 5.41) is 10.6. The van der Waals surface area contributed by atoms with E-state index >= 15 is 0 Å². The first-order valence-corrected chi connectivity index (χ1v) is 11.2. The molecule has 0 aliphatic heterocycles. The van der Waals surface area contributed by atoms with E-state index in [0.29, 0.717) is 11.1 Å². The van der Waals surface area contributed by atoms with Gasteiger partial charge in [0.05, 0.1) is 5.56 Å².